The number of esters is 2. The zero-order valence-corrected chi connectivity index (χ0v) is 15.0. The smallest absolute Gasteiger partial charge is 0.330 e. The SMILES string of the molecule is C=CC(=O)OC1C2OS(=O)(=O)C3CC1(COC(C)=O)CC23CCOC=O. The second-order valence-corrected chi connectivity index (χ2v) is 8.78. The summed E-state index contributed by atoms with van der Waals surface area (Å²) in [5, 5.41) is -0.829. The van der Waals surface area contributed by atoms with Crippen molar-refractivity contribution in [2.75, 3.05) is 13.2 Å². The zero-order valence-electron chi connectivity index (χ0n) is 14.2. The van der Waals surface area contributed by atoms with E-state index in [-0.39, 0.29) is 26.1 Å². The second-order valence-electron chi connectivity index (χ2n) is 7.03. The fourth-order valence-electron chi connectivity index (χ4n) is 4.77. The topological polar surface area (TPSA) is 122 Å². The number of hydrogen-bond acceptors (Lipinski definition) is 9. The Morgan fingerprint density at radius 2 is 2.12 bits per heavy atom. The molecule has 144 valence electrons. The van der Waals surface area contributed by atoms with Gasteiger partial charge in [-0.25, -0.2) is 4.79 Å². The van der Waals surface area contributed by atoms with E-state index in [2.05, 4.69) is 6.58 Å². The normalized spacial score (nSPS) is 38.6. The fourth-order valence-corrected chi connectivity index (χ4v) is 6.93. The highest BCUT2D eigenvalue weighted by Gasteiger charge is 2.79. The summed E-state index contributed by atoms with van der Waals surface area (Å²) in [4.78, 5) is 33.6. The van der Waals surface area contributed by atoms with Gasteiger partial charge in [0.05, 0.1) is 11.9 Å². The first kappa shape index (κ1) is 18.8. The van der Waals surface area contributed by atoms with Gasteiger partial charge in [-0.1, -0.05) is 6.58 Å². The summed E-state index contributed by atoms with van der Waals surface area (Å²) in [7, 11) is -3.88. The van der Waals surface area contributed by atoms with Crippen molar-refractivity contribution in [2.24, 2.45) is 10.8 Å². The maximum absolute atomic E-state index is 12.5. The molecule has 1 heterocycles. The third-order valence-electron chi connectivity index (χ3n) is 5.67. The molecule has 0 aromatic rings. The summed E-state index contributed by atoms with van der Waals surface area (Å²) in [5.41, 5.74) is -1.74. The Balaban J connectivity index is 1.99. The van der Waals surface area contributed by atoms with E-state index in [0.29, 0.717) is 12.9 Å². The van der Waals surface area contributed by atoms with Crippen LogP contribution >= 0.6 is 0 Å². The van der Waals surface area contributed by atoms with Crippen LogP contribution in [0.3, 0.4) is 0 Å². The van der Waals surface area contributed by atoms with Crippen molar-refractivity contribution in [3.05, 3.63) is 12.7 Å². The lowest BCUT2D eigenvalue weighted by molar-refractivity contribution is -0.163. The van der Waals surface area contributed by atoms with Crippen molar-refractivity contribution in [2.45, 2.75) is 43.6 Å². The summed E-state index contributed by atoms with van der Waals surface area (Å²) < 4.78 is 45.7. The Hall–Kier alpha value is -1.94. The zero-order chi connectivity index (χ0) is 19.2. The molecular weight excluding hydrogens is 368 g/mol. The standard InChI is InChI=1S/C16H20O9S/c1-3-12(19)24-13-14-16(4-5-22-9-17)7-15(13,8-23-10(2)18)6-11(16)26(20,21)25-14/h3,9,11,13-14H,1,4-8H2,2H3. The molecule has 0 amide bonds. The number of rotatable bonds is 8. The minimum Gasteiger partial charge on any atom is -0.468 e. The molecule has 3 rings (SSSR count). The highest BCUT2D eigenvalue weighted by atomic mass is 32.2. The van der Waals surface area contributed by atoms with Gasteiger partial charge in [-0.2, -0.15) is 8.42 Å². The van der Waals surface area contributed by atoms with E-state index >= 15 is 0 Å². The summed E-state index contributed by atoms with van der Waals surface area (Å²) >= 11 is 0. The molecule has 0 N–H and O–H groups in total. The number of hydrogen-bond donors (Lipinski definition) is 0. The van der Waals surface area contributed by atoms with Crippen molar-refractivity contribution < 1.29 is 41.2 Å². The first-order valence-corrected chi connectivity index (χ1v) is 9.62. The van der Waals surface area contributed by atoms with Gasteiger partial charge in [0, 0.05) is 23.8 Å². The van der Waals surface area contributed by atoms with Gasteiger partial charge in [0.1, 0.15) is 18.8 Å². The number of ether oxygens (including phenoxy) is 3. The third kappa shape index (κ3) is 2.71. The third-order valence-corrected chi connectivity index (χ3v) is 7.48. The lowest BCUT2D eigenvalue weighted by Gasteiger charge is -2.37. The molecule has 3 fully saturated rings. The Kier molecular flexibility index (Phi) is 4.60. The van der Waals surface area contributed by atoms with E-state index in [1.807, 2.05) is 0 Å². The van der Waals surface area contributed by atoms with Crippen molar-refractivity contribution in [1.29, 1.82) is 0 Å². The highest BCUT2D eigenvalue weighted by Crippen LogP contribution is 2.70. The van der Waals surface area contributed by atoms with Gasteiger partial charge >= 0.3 is 11.9 Å². The fraction of sp³-hybridized carbons (Fsp3) is 0.688. The molecule has 1 saturated heterocycles. The predicted octanol–water partition coefficient (Wildman–Crippen LogP) is 0.0878. The van der Waals surface area contributed by atoms with Crippen LogP contribution in [-0.2, 0) is 42.9 Å². The molecule has 5 unspecified atom stereocenters. The molecule has 3 aliphatic rings. The molecule has 0 radical (unpaired) electrons. The maximum Gasteiger partial charge on any atom is 0.330 e. The summed E-state index contributed by atoms with van der Waals surface area (Å²) in [6, 6.07) is 0. The molecular formula is C16H20O9S. The van der Waals surface area contributed by atoms with Gasteiger partial charge in [-0.15, -0.1) is 0 Å². The Bertz CT molecular complexity index is 745. The van der Waals surface area contributed by atoms with Crippen LogP contribution in [0, 0.1) is 10.8 Å². The molecule has 5 atom stereocenters. The lowest BCUT2D eigenvalue weighted by atomic mass is 9.76. The minimum atomic E-state index is -3.88. The van der Waals surface area contributed by atoms with Crippen LogP contribution in [0.25, 0.3) is 0 Å². The molecule has 2 bridgehead atoms. The van der Waals surface area contributed by atoms with Crippen LogP contribution in [0.1, 0.15) is 26.2 Å². The van der Waals surface area contributed by atoms with Gasteiger partial charge in [0.15, 0.2) is 0 Å². The van der Waals surface area contributed by atoms with E-state index in [1.54, 1.807) is 0 Å². The first-order valence-electron chi connectivity index (χ1n) is 8.14. The Morgan fingerprint density at radius 1 is 1.38 bits per heavy atom. The maximum atomic E-state index is 12.5. The summed E-state index contributed by atoms with van der Waals surface area (Å²) in [6.45, 7) is 4.82. The molecule has 1 aliphatic heterocycles. The minimum absolute atomic E-state index is 0.0150. The Morgan fingerprint density at radius 3 is 2.73 bits per heavy atom. The van der Waals surface area contributed by atoms with Gasteiger partial charge < -0.3 is 14.2 Å². The molecule has 10 heteroatoms. The number of fused-ring (bicyclic) bond motifs is 1. The van der Waals surface area contributed by atoms with Gasteiger partial charge in [0.2, 0.25) is 0 Å². The van der Waals surface area contributed by atoms with Crippen molar-refractivity contribution >= 4 is 28.5 Å². The molecule has 2 aliphatic carbocycles. The average Bonchev–Trinajstić information content (AvgIpc) is 3.08. The highest BCUT2D eigenvalue weighted by molar-refractivity contribution is 7.87. The molecule has 0 aromatic heterocycles. The van der Waals surface area contributed by atoms with Crippen LogP contribution in [0.15, 0.2) is 12.7 Å². The molecule has 9 nitrogen and oxygen atoms in total. The quantitative estimate of drug-likeness (QED) is 0.142. The average molecular weight is 388 g/mol. The van der Waals surface area contributed by atoms with Gasteiger partial charge in [0.25, 0.3) is 16.6 Å². The second kappa shape index (κ2) is 6.34. The van der Waals surface area contributed by atoms with E-state index in [4.69, 9.17) is 18.4 Å². The summed E-state index contributed by atoms with van der Waals surface area (Å²) in [5.74, 6) is -1.23. The molecule has 26 heavy (non-hydrogen) atoms. The van der Waals surface area contributed by atoms with Crippen LogP contribution < -0.4 is 0 Å². The van der Waals surface area contributed by atoms with Crippen LogP contribution in [0.5, 0.6) is 0 Å². The van der Waals surface area contributed by atoms with Crippen molar-refractivity contribution in [3.63, 3.8) is 0 Å². The van der Waals surface area contributed by atoms with Crippen molar-refractivity contribution in [1.82, 2.24) is 0 Å². The van der Waals surface area contributed by atoms with E-state index in [9.17, 15) is 22.8 Å². The molecule has 0 aromatic carbocycles. The number of carbonyl (C=O) groups excluding carboxylic acids is 3. The largest absolute Gasteiger partial charge is 0.468 e. The summed E-state index contributed by atoms with van der Waals surface area (Å²) in [6.07, 6.45) is -0.147. The molecule has 2 saturated carbocycles. The van der Waals surface area contributed by atoms with Crippen molar-refractivity contribution in [3.8, 4) is 0 Å². The van der Waals surface area contributed by atoms with E-state index < -0.39 is 50.3 Å². The lowest BCUT2D eigenvalue weighted by Crippen LogP contribution is -2.49. The van der Waals surface area contributed by atoms with Gasteiger partial charge in [-0.3, -0.25) is 13.8 Å². The van der Waals surface area contributed by atoms with E-state index in [1.165, 1.54) is 6.92 Å². The van der Waals surface area contributed by atoms with Crippen LogP contribution in [0.4, 0.5) is 0 Å². The number of carbonyl (C=O) groups is 3. The van der Waals surface area contributed by atoms with Crippen LogP contribution in [0.2, 0.25) is 0 Å². The van der Waals surface area contributed by atoms with Crippen LogP contribution in [-0.4, -0.2) is 57.5 Å². The van der Waals surface area contributed by atoms with E-state index in [0.717, 1.165) is 6.08 Å². The monoisotopic (exact) mass is 388 g/mol. The predicted molar refractivity (Wildman–Crippen MR) is 85.0 cm³/mol. The van der Waals surface area contributed by atoms with Gasteiger partial charge in [-0.05, 0) is 19.3 Å². The molecule has 0 spiro atoms. The first-order chi connectivity index (χ1) is 12.2. The Labute approximate surface area is 150 Å².